The summed E-state index contributed by atoms with van der Waals surface area (Å²) in [6.45, 7) is 0. The predicted octanol–water partition coefficient (Wildman–Crippen LogP) is 3.43. The molecule has 0 radical (unpaired) electrons. The summed E-state index contributed by atoms with van der Waals surface area (Å²) < 4.78 is 18.7. The Hall–Kier alpha value is -2.03. The molecule has 0 bridgehead atoms. The Kier molecular flexibility index (Phi) is 1.51. The molecule has 0 amide bonds. The first-order valence-electron chi connectivity index (χ1n) is 4.56. The van der Waals surface area contributed by atoms with E-state index < -0.39 is 5.82 Å². The Morgan fingerprint density at radius 1 is 1.07 bits per heavy atom. The van der Waals surface area contributed by atoms with Crippen molar-refractivity contribution in [2.75, 3.05) is 0 Å². The van der Waals surface area contributed by atoms with E-state index in [-0.39, 0.29) is 11.3 Å². The summed E-state index contributed by atoms with van der Waals surface area (Å²) in [5.41, 5.74) is 0.684. The molecule has 3 aromatic rings. The third-order valence-electron chi connectivity index (χ3n) is 2.46. The van der Waals surface area contributed by atoms with Gasteiger partial charge in [0.05, 0.1) is 5.39 Å². The summed E-state index contributed by atoms with van der Waals surface area (Å²) in [4.78, 5) is 0. The van der Waals surface area contributed by atoms with Gasteiger partial charge in [-0.25, -0.2) is 4.39 Å². The number of fused-ring (bicyclic) bond motifs is 3. The van der Waals surface area contributed by atoms with Crippen LogP contribution in [0.5, 0.6) is 5.75 Å². The van der Waals surface area contributed by atoms with Gasteiger partial charge in [0, 0.05) is 5.39 Å². The van der Waals surface area contributed by atoms with Crippen LogP contribution in [0.4, 0.5) is 4.39 Å². The third-order valence-corrected chi connectivity index (χ3v) is 2.46. The Morgan fingerprint density at radius 3 is 2.73 bits per heavy atom. The minimum Gasteiger partial charge on any atom is -0.507 e. The van der Waals surface area contributed by atoms with Gasteiger partial charge in [0.15, 0.2) is 11.4 Å². The normalized spacial score (nSPS) is 11.3. The molecule has 0 saturated carbocycles. The smallest absolute Gasteiger partial charge is 0.174 e. The predicted molar refractivity (Wildman–Crippen MR) is 55.3 cm³/mol. The van der Waals surface area contributed by atoms with Gasteiger partial charge in [-0.3, -0.25) is 0 Å². The van der Waals surface area contributed by atoms with E-state index >= 15 is 0 Å². The number of halogens is 1. The molecule has 3 heteroatoms. The summed E-state index contributed by atoms with van der Waals surface area (Å²) in [5.74, 6) is -0.421. The van der Waals surface area contributed by atoms with Crippen molar-refractivity contribution in [1.29, 1.82) is 0 Å². The number of phenols is 1. The lowest BCUT2D eigenvalue weighted by atomic mass is 10.1. The van der Waals surface area contributed by atoms with Gasteiger partial charge >= 0.3 is 0 Å². The van der Waals surface area contributed by atoms with E-state index in [9.17, 15) is 9.50 Å². The summed E-state index contributed by atoms with van der Waals surface area (Å²) in [5, 5.41) is 10.8. The van der Waals surface area contributed by atoms with Crippen LogP contribution in [-0.2, 0) is 0 Å². The number of rotatable bonds is 0. The molecule has 15 heavy (non-hydrogen) atoms. The number of hydrogen-bond donors (Lipinski definition) is 1. The van der Waals surface area contributed by atoms with E-state index in [0.717, 1.165) is 5.39 Å². The van der Waals surface area contributed by atoms with Crippen LogP contribution in [0.3, 0.4) is 0 Å². The maximum absolute atomic E-state index is 13.4. The van der Waals surface area contributed by atoms with Crippen LogP contribution < -0.4 is 0 Å². The van der Waals surface area contributed by atoms with Gasteiger partial charge in [-0.15, -0.1) is 0 Å². The van der Waals surface area contributed by atoms with Gasteiger partial charge in [-0.05, 0) is 18.2 Å². The van der Waals surface area contributed by atoms with Crippen LogP contribution in [0.15, 0.2) is 40.8 Å². The lowest BCUT2D eigenvalue weighted by Gasteiger charge is -1.94. The van der Waals surface area contributed by atoms with Crippen molar-refractivity contribution in [2.24, 2.45) is 0 Å². The van der Waals surface area contributed by atoms with Crippen molar-refractivity contribution >= 4 is 21.9 Å². The molecule has 0 unspecified atom stereocenters. The first-order valence-corrected chi connectivity index (χ1v) is 4.56. The van der Waals surface area contributed by atoms with E-state index in [2.05, 4.69) is 0 Å². The molecule has 1 N–H and O–H groups in total. The van der Waals surface area contributed by atoms with Crippen LogP contribution in [0.2, 0.25) is 0 Å². The molecule has 3 rings (SSSR count). The number of aromatic hydroxyl groups is 1. The van der Waals surface area contributed by atoms with Crippen molar-refractivity contribution < 1.29 is 13.9 Å². The highest BCUT2D eigenvalue weighted by atomic mass is 19.1. The zero-order valence-corrected chi connectivity index (χ0v) is 7.70. The first-order chi connectivity index (χ1) is 7.27. The fraction of sp³-hybridized carbons (Fsp3) is 0. The second-order valence-corrected chi connectivity index (χ2v) is 3.37. The largest absolute Gasteiger partial charge is 0.507 e. The average Bonchev–Trinajstić information content (AvgIpc) is 2.64. The number of hydrogen-bond acceptors (Lipinski definition) is 2. The molecule has 74 valence electrons. The van der Waals surface area contributed by atoms with Crippen molar-refractivity contribution in [3.8, 4) is 5.75 Å². The molecule has 2 aromatic carbocycles. The lowest BCUT2D eigenvalue weighted by Crippen LogP contribution is -1.74. The molecule has 0 aliphatic heterocycles. The maximum Gasteiger partial charge on any atom is 0.174 e. The van der Waals surface area contributed by atoms with E-state index in [4.69, 9.17) is 4.42 Å². The molecule has 0 aliphatic rings. The zero-order chi connectivity index (χ0) is 10.4. The first kappa shape index (κ1) is 8.29. The van der Waals surface area contributed by atoms with Crippen LogP contribution >= 0.6 is 0 Å². The van der Waals surface area contributed by atoms with E-state index in [0.29, 0.717) is 11.0 Å². The molecule has 0 fully saturated rings. The van der Waals surface area contributed by atoms with Crippen LogP contribution in [0, 0.1) is 5.82 Å². The number of furan rings is 1. The summed E-state index contributed by atoms with van der Waals surface area (Å²) >= 11 is 0. The van der Waals surface area contributed by atoms with E-state index in [1.165, 1.54) is 12.1 Å². The third kappa shape index (κ3) is 1.03. The molecule has 1 heterocycles. The summed E-state index contributed by atoms with van der Waals surface area (Å²) in [7, 11) is 0. The number of para-hydroxylation sites is 1. The van der Waals surface area contributed by atoms with Crippen LogP contribution in [0.1, 0.15) is 0 Å². The van der Waals surface area contributed by atoms with Gasteiger partial charge in [0.25, 0.3) is 0 Å². The fourth-order valence-electron chi connectivity index (χ4n) is 1.78. The maximum atomic E-state index is 13.4. The van der Waals surface area contributed by atoms with Gasteiger partial charge in [-0.1, -0.05) is 18.2 Å². The number of benzene rings is 2. The molecule has 0 spiro atoms. The molecule has 2 nitrogen and oxygen atoms in total. The van der Waals surface area contributed by atoms with Crippen molar-refractivity contribution in [2.45, 2.75) is 0 Å². The zero-order valence-electron chi connectivity index (χ0n) is 7.70. The van der Waals surface area contributed by atoms with Crippen LogP contribution in [-0.4, -0.2) is 5.11 Å². The Labute approximate surface area is 84.5 Å². The topological polar surface area (TPSA) is 33.4 Å². The standard InChI is InChI=1S/C12H7FO2/c13-8-5-6-9(14)11-7-3-1-2-4-10(7)15-12(8)11/h1-6,14H. The highest BCUT2D eigenvalue weighted by Crippen LogP contribution is 2.35. The highest BCUT2D eigenvalue weighted by molar-refractivity contribution is 6.08. The van der Waals surface area contributed by atoms with Crippen molar-refractivity contribution in [1.82, 2.24) is 0 Å². The minimum absolute atomic E-state index is 0.0383. The van der Waals surface area contributed by atoms with Gasteiger partial charge < -0.3 is 9.52 Å². The minimum atomic E-state index is -0.459. The Bertz CT molecular complexity index is 655. The molecular formula is C12H7FO2. The Morgan fingerprint density at radius 2 is 1.87 bits per heavy atom. The molecule has 0 aliphatic carbocycles. The van der Waals surface area contributed by atoms with Gasteiger partial charge in [0.2, 0.25) is 0 Å². The average molecular weight is 202 g/mol. The van der Waals surface area contributed by atoms with Crippen molar-refractivity contribution in [3.63, 3.8) is 0 Å². The lowest BCUT2D eigenvalue weighted by molar-refractivity contribution is 0.479. The highest BCUT2D eigenvalue weighted by Gasteiger charge is 2.13. The monoisotopic (exact) mass is 202 g/mol. The SMILES string of the molecule is Oc1ccc(F)c2oc3ccccc3c12. The van der Waals surface area contributed by atoms with Crippen LogP contribution in [0.25, 0.3) is 21.9 Å². The quantitative estimate of drug-likeness (QED) is 0.605. The Balaban J connectivity index is 2.66. The fourth-order valence-corrected chi connectivity index (χ4v) is 1.78. The van der Waals surface area contributed by atoms with Gasteiger partial charge in [-0.2, -0.15) is 0 Å². The van der Waals surface area contributed by atoms with Gasteiger partial charge in [0.1, 0.15) is 11.3 Å². The second kappa shape index (κ2) is 2.73. The van der Waals surface area contributed by atoms with Crippen molar-refractivity contribution in [3.05, 3.63) is 42.2 Å². The summed E-state index contributed by atoms with van der Waals surface area (Å²) in [6, 6.07) is 9.69. The molecule has 0 saturated heterocycles. The molecule has 1 aromatic heterocycles. The molecule has 0 atom stereocenters. The number of phenolic OH excluding ortho intramolecular Hbond substituents is 1. The second-order valence-electron chi connectivity index (χ2n) is 3.37. The summed E-state index contributed by atoms with van der Waals surface area (Å²) in [6.07, 6.45) is 0. The molecular weight excluding hydrogens is 195 g/mol. The van der Waals surface area contributed by atoms with E-state index in [1.54, 1.807) is 18.2 Å². The van der Waals surface area contributed by atoms with E-state index in [1.807, 2.05) is 6.07 Å².